The van der Waals surface area contributed by atoms with E-state index in [1.54, 1.807) is 6.07 Å². The summed E-state index contributed by atoms with van der Waals surface area (Å²) in [6.07, 6.45) is 3.77. The number of carbonyl (C=O) groups excluding carboxylic acids is 1. The van der Waals surface area contributed by atoms with Crippen molar-refractivity contribution in [2.45, 2.75) is 71.8 Å². The molecule has 29 heavy (non-hydrogen) atoms. The van der Waals surface area contributed by atoms with Gasteiger partial charge >= 0.3 is 5.97 Å². The number of carbonyl (C=O) groups is 1. The summed E-state index contributed by atoms with van der Waals surface area (Å²) in [7, 11) is 0. The minimum atomic E-state index is -0.308. The van der Waals surface area contributed by atoms with Gasteiger partial charge in [0.05, 0.1) is 0 Å². The highest BCUT2D eigenvalue weighted by Crippen LogP contribution is 2.35. The molecule has 1 aliphatic carbocycles. The molecule has 0 radical (unpaired) electrons. The molecule has 0 aliphatic heterocycles. The number of ether oxygens (including phenoxy) is 2. The first kappa shape index (κ1) is 21.2. The van der Waals surface area contributed by atoms with E-state index in [0.717, 1.165) is 42.4 Å². The third-order valence-corrected chi connectivity index (χ3v) is 5.89. The third-order valence-electron chi connectivity index (χ3n) is 5.89. The number of esters is 1. The minimum Gasteiger partial charge on any atom is -0.508 e. The van der Waals surface area contributed by atoms with Gasteiger partial charge in [0.2, 0.25) is 0 Å². The first-order valence-corrected chi connectivity index (χ1v) is 10.4. The van der Waals surface area contributed by atoms with Gasteiger partial charge in [-0.05, 0) is 98.4 Å². The summed E-state index contributed by atoms with van der Waals surface area (Å²) >= 11 is 0. The van der Waals surface area contributed by atoms with Crippen molar-refractivity contribution in [3.8, 4) is 11.5 Å². The number of aryl methyl sites for hydroxylation is 2. The molecule has 0 heterocycles. The zero-order chi connectivity index (χ0) is 21.2. The van der Waals surface area contributed by atoms with Gasteiger partial charge in [-0.2, -0.15) is 0 Å². The van der Waals surface area contributed by atoms with Crippen molar-refractivity contribution in [2.75, 3.05) is 6.61 Å². The van der Waals surface area contributed by atoms with E-state index < -0.39 is 0 Å². The predicted molar refractivity (Wildman–Crippen MR) is 115 cm³/mol. The van der Waals surface area contributed by atoms with E-state index in [9.17, 15) is 9.90 Å². The lowest BCUT2D eigenvalue weighted by atomic mass is 9.82. The number of benzene rings is 2. The van der Waals surface area contributed by atoms with Crippen LogP contribution < -0.4 is 4.74 Å². The van der Waals surface area contributed by atoms with Gasteiger partial charge in [-0.3, -0.25) is 0 Å². The second-order valence-electron chi connectivity index (χ2n) is 8.83. The van der Waals surface area contributed by atoms with Crippen LogP contribution in [0.1, 0.15) is 73.8 Å². The number of hydrogen-bond acceptors (Lipinski definition) is 4. The summed E-state index contributed by atoms with van der Waals surface area (Å²) in [5, 5.41) is 10.1. The summed E-state index contributed by atoms with van der Waals surface area (Å²) in [6.45, 7) is 10.2. The average molecular weight is 397 g/mol. The van der Waals surface area contributed by atoms with Crippen LogP contribution in [-0.2, 0) is 16.0 Å². The number of phenols is 1. The normalized spacial score (nSPS) is 15.1. The van der Waals surface area contributed by atoms with Crippen LogP contribution in [0.25, 0.3) is 0 Å². The Labute approximate surface area is 173 Å². The highest BCUT2D eigenvalue weighted by atomic mass is 16.6. The maximum atomic E-state index is 12.0. The molecule has 4 nitrogen and oxygen atoms in total. The predicted octanol–water partition coefficient (Wildman–Crippen LogP) is 5.59. The van der Waals surface area contributed by atoms with Crippen molar-refractivity contribution in [3.63, 3.8) is 0 Å². The Kier molecular flexibility index (Phi) is 6.21. The van der Waals surface area contributed by atoms with E-state index in [-0.39, 0.29) is 24.1 Å². The van der Waals surface area contributed by atoms with E-state index in [4.69, 9.17) is 9.47 Å². The SMILES string of the molecule is Cc1cc(OCC(=O)OC2(C)CCC2)cc(C)c1Cc1ccc(O)c(C(C)C)c1. The standard InChI is InChI=1S/C25H32O4/c1-16(2)21-13-19(7-8-23(21)26)14-22-17(3)11-20(12-18(22)4)28-15-24(27)29-25(5)9-6-10-25/h7-8,11-13,16,26H,6,9-10,14-15H2,1-5H3. The highest BCUT2D eigenvalue weighted by Gasteiger charge is 2.35. The summed E-state index contributed by atoms with van der Waals surface area (Å²) in [4.78, 5) is 12.0. The summed E-state index contributed by atoms with van der Waals surface area (Å²) in [6, 6.07) is 9.79. The zero-order valence-corrected chi connectivity index (χ0v) is 18.2. The fourth-order valence-corrected chi connectivity index (χ4v) is 3.92. The molecule has 1 saturated carbocycles. The molecule has 3 rings (SSSR count). The molecule has 0 saturated heterocycles. The van der Waals surface area contributed by atoms with Crippen molar-refractivity contribution in [1.29, 1.82) is 0 Å². The Bertz CT molecular complexity index is 871. The van der Waals surface area contributed by atoms with Gasteiger partial charge in [0.1, 0.15) is 17.1 Å². The molecule has 4 heteroatoms. The van der Waals surface area contributed by atoms with Gasteiger partial charge < -0.3 is 14.6 Å². The van der Waals surface area contributed by atoms with Crippen LogP contribution in [0.2, 0.25) is 0 Å². The molecule has 1 N–H and O–H groups in total. The van der Waals surface area contributed by atoms with Gasteiger partial charge in [-0.15, -0.1) is 0 Å². The fraction of sp³-hybridized carbons (Fsp3) is 0.480. The molecule has 1 fully saturated rings. The van der Waals surface area contributed by atoms with Crippen molar-refractivity contribution in [3.05, 3.63) is 58.1 Å². The summed E-state index contributed by atoms with van der Waals surface area (Å²) in [5.41, 5.74) is 5.33. The average Bonchev–Trinajstić information content (AvgIpc) is 2.62. The first-order valence-electron chi connectivity index (χ1n) is 10.4. The second-order valence-corrected chi connectivity index (χ2v) is 8.83. The van der Waals surface area contributed by atoms with Gasteiger partial charge in [0.25, 0.3) is 0 Å². The van der Waals surface area contributed by atoms with E-state index in [2.05, 4.69) is 33.8 Å². The van der Waals surface area contributed by atoms with Crippen LogP contribution in [0.15, 0.2) is 30.3 Å². The molecular formula is C25H32O4. The smallest absolute Gasteiger partial charge is 0.344 e. The Morgan fingerprint density at radius 1 is 1.14 bits per heavy atom. The maximum Gasteiger partial charge on any atom is 0.344 e. The van der Waals surface area contributed by atoms with Gasteiger partial charge in [0.15, 0.2) is 6.61 Å². The summed E-state index contributed by atoms with van der Waals surface area (Å²) in [5.74, 6) is 1.00. The largest absolute Gasteiger partial charge is 0.508 e. The van der Waals surface area contributed by atoms with Crippen LogP contribution in [0.3, 0.4) is 0 Å². The van der Waals surface area contributed by atoms with Crippen LogP contribution in [-0.4, -0.2) is 23.3 Å². The third kappa shape index (κ3) is 5.11. The Balaban J connectivity index is 1.68. The monoisotopic (exact) mass is 396 g/mol. The molecule has 156 valence electrons. The Hall–Kier alpha value is -2.49. The van der Waals surface area contributed by atoms with E-state index >= 15 is 0 Å². The Morgan fingerprint density at radius 2 is 1.79 bits per heavy atom. The number of phenolic OH excluding ortho intramolecular Hbond substituents is 1. The quantitative estimate of drug-likeness (QED) is 0.620. The lowest BCUT2D eigenvalue weighted by Gasteiger charge is -2.37. The van der Waals surface area contributed by atoms with Crippen LogP contribution in [0, 0.1) is 13.8 Å². The van der Waals surface area contributed by atoms with Crippen molar-refractivity contribution < 1.29 is 19.4 Å². The molecule has 0 aromatic heterocycles. The second kappa shape index (κ2) is 8.48. The highest BCUT2D eigenvalue weighted by molar-refractivity contribution is 5.71. The van der Waals surface area contributed by atoms with Crippen LogP contribution >= 0.6 is 0 Å². The lowest BCUT2D eigenvalue weighted by Crippen LogP contribution is -2.39. The number of rotatable bonds is 7. The lowest BCUT2D eigenvalue weighted by molar-refractivity contribution is -0.168. The molecule has 0 spiro atoms. The number of hydrogen-bond donors (Lipinski definition) is 1. The van der Waals surface area contributed by atoms with Crippen molar-refractivity contribution in [2.24, 2.45) is 0 Å². The number of aromatic hydroxyl groups is 1. The molecule has 1 aliphatic rings. The molecular weight excluding hydrogens is 364 g/mol. The molecule has 0 amide bonds. The van der Waals surface area contributed by atoms with E-state index in [1.165, 1.54) is 11.1 Å². The van der Waals surface area contributed by atoms with Crippen LogP contribution in [0.4, 0.5) is 0 Å². The molecule has 2 aromatic carbocycles. The first-order chi connectivity index (χ1) is 13.7. The molecule has 0 atom stereocenters. The maximum absolute atomic E-state index is 12.0. The topological polar surface area (TPSA) is 55.8 Å². The van der Waals surface area contributed by atoms with E-state index in [1.807, 2.05) is 25.1 Å². The Morgan fingerprint density at radius 3 is 2.34 bits per heavy atom. The van der Waals surface area contributed by atoms with Crippen molar-refractivity contribution >= 4 is 5.97 Å². The molecule has 2 aromatic rings. The zero-order valence-electron chi connectivity index (χ0n) is 18.2. The van der Waals surface area contributed by atoms with Gasteiger partial charge in [-0.1, -0.05) is 26.0 Å². The summed E-state index contributed by atoms with van der Waals surface area (Å²) < 4.78 is 11.2. The van der Waals surface area contributed by atoms with Crippen LogP contribution in [0.5, 0.6) is 11.5 Å². The molecule has 0 unspecified atom stereocenters. The van der Waals surface area contributed by atoms with Gasteiger partial charge in [-0.25, -0.2) is 4.79 Å². The minimum absolute atomic E-state index is 0.0659. The van der Waals surface area contributed by atoms with Crippen molar-refractivity contribution in [1.82, 2.24) is 0 Å². The van der Waals surface area contributed by atoms with Gasteiger partial charge in [0, 0.05) is 0 Å². The molecule has 0 bridgehead atoms. The fourth-order valence-electron chi connectivity index (χ4n) is 3.92. The van der Waals surface area contributed by atoms with E-state index in [0.29, 0.717) is 11.5 Å².